The molecule has 0 aromatic heterocycles. The van der Waals surface area contributed by atoms with E-state index >= 15 is 0 Å². The van der Waals surface area contributed by atoms with Gasteiger partial charge in [0.2, 0.25) is 0 Å². The summed E-state index contributed by atoms with van der Waals surface area (Å²) in [4.78, 5) is 2.09. The normalized spacial score (nSPS) is 11.6. The summed E-state index contributed by atoms with van der Waals surface area (Å²) in [6, 6.07) is 6.24. The molecule has 1 aromatic rings. The highest BCUT2D eigenvalue weighted by Gasteiger charge is 2.14. The van der Waals surface area contributed by atoms with Crippen molar-refractivity contribution < 1.29 is 9.47 Å². The van der Waals surface area contributed by atoms with E-state index in [1.54, 1.807) is 14.2 Å². The molecule has 1 atom stereocenters. The van der Waals surface area contributed by atoms with E-state index in [0.29, 0.717) is 12.3 Å². The number of anilines is 1. The molecule has 0 amide bonds. The number of hydrogen-bond donors (Lipinski definition) is 0. The third kappa shape index (κ3) is 3.54. The van der Waals surface area contributed by atoms with Crippen LogP contribution in [0.2, 0.25) is 0 Å². The summed E-state index contributed by atoms with van der Waals surface area (Å²) in [6.07, 6.45) is 0.854. The first-order valence-corrected chi connectivity index (χ1v) is 6.40. The van der Waals surface area contributed by atoms with Crippen LogP contribution in [0.5, 0.6) is 11.5 Å². The Kier molecular flexibility index (Phi) is 5.50. The van der Waals surface area contributed by atoms with Gasteiger partial charge >= 0.3 is 0 Å². The fourth-order valence-corrected chi connectivity index (χ4v) is 2.07. The monoisotopic (exact) mass is 262 g/mol. The topological polar surface area (TPSA) is 45.5 Å². The van der Waals surface area contributed by atoms with Crippen molar-refractivity contribution in [3.63, 3.8) is 0 Å². The highest BCUT2D eigenvalue weighted by Crippen LogP contribution is 2.34. The molecular weight excluding hydrogens is 240 g/mol. The van der Waals surface area contributed by atoms with E-state index in [4.69, 9.17) is 14.7 Å². The molecule has 0 aliphatic carbocycles. The van der Waals surface area contributed by atoms with Gasteiger partial charge in [-0.25, -0.2) is 0 Å². The average Bonchev–Trinajstić information content (AvgIpc) is 2.43. The maximum Gasteiger partial charge on any atom is 0.162 e. The Bertz CT molecular complexity index is 466. The Morgan fingerprint density at radius 1 is 1.26 bits per heavy atom. The molecule has 0 N–H and O–H groups in total. The molecule has 1 unspecified atom stereocenters. The zero-order valence-corrected chi connectivity index (χ0v) is 12.4. The molecular formula is C15H22N2O2. The smallest absolute Gasteiger partial charge is 0.162 e. The third-order valence-corrected chi connectivity index (χ3v) is 3.28. The Morgan fingerprint density at radius 3 is 2.32 bits per heavy atom. The first kappa shape index (κ1) is 15.2. The van der Waals surface area contributed by atoms with Gasteiger partial charge in [0.05, 0.1) is 26.2 Å². The Morgan fingerprint density at radius 2 is 1.84 bits per heavy atom. The summed E-state index contributed by atoms with van der Waals surface area (Å²) in [7, 11) is 5.25. The number of nitrogens with zero attached hydrogens (tertiary/aromatic N) is 2. The van der Waals surface area contributed by atoms with Gasteiger partial charge in [0.25, 0.3) is 0 Å². The molecule has 0 radical (unpaired) electrons. The minimum atomic E-state index is 0.0393. The molecule has 4 heteroatoms. The van der Waals surface area contributed by atoms with Crippen molar-refractivity contribution in [1.29, 1.82) is 5.26 Å². The van der Waals surface area contributed by atoms with E-state index in [9.17, 15) is 0 Å². The molecule has 4 nitrogen and oxygen atoms in total. The molecule has 0 heterocycles. The van der Waals surface area contributed by atoms with E-state index in [2.05, 4.69) is 11.0 Å². The summed E-state index contributed by atoms with van der Waals surface area (Å²) < 4.78 is 10.6. The van der Waals surface area contributed by atoms with Crippen LogP contribution >= 0.6 is 0 Å². The van der Waals surface area contributed by atoms with Crippen molar-refractivity contribution in [3.05, 3.63) is 17.7 Å². The first-order valence-electron chi connectivity index (χ1n) is 6.40. The first-order chi connectivity index (χ1) is 9.07. The number of hydrogen-bond acceptors (Lipinski definition) is 4. The summed E-state index contributed by atoms with van der Waals surface area (Å²) >= 11 is 0. The maximum atomic E-state index is 9.05. The number of benzene rings is 1. The number of nitriles is 1. The van der Waals surface area contributed by atoms with E-state index < -0.39 is 0 Å². The van der Waals surface area contributed by atoms with Crippen LogP contribution < -0.4 is 14.4 Å². The van der Waals surface area contributed by atoms with E-state index in [0.717, 1.165) is 23.4 Å². The largest absolute Gasteiger partial charge is 0.493 e. The van der Waals surface area contributed by atoms with E-state index in [-0.39, 0.29) is 5.92 Å². The van der Waals surface area contributed by atoms with Crippen LogP contribution in [-0.4, -0.2) is 27.8 Å². The fraction of sp³-hybridized carbons (Fsp3) is 0.533. The predicted octanol–water partition coefficient (Wildman–Crippen LogP) is 3.00. The van der Waals surface area contributed by atoms with Crippen molar-refractivity contribution in [2.45, 2.75) is 20.3 Å². The van der Waals surface area contributed by atoms with Gasteiger partial charge in [-0.3, -0.25) is 0 Å². The number of aryl methyl sites for hydroxylation is 1. The van der Waals surface area contributed by atoms with Crippen molar-refractivity contribution in [2.75, 3.05) is 32.7 Å². The quantitative estimate of drug-likeness (QED) is 0.790. The highest BCUT2D eigenvalue weighted by atomic mass is 16.5. The molecule has 19 heavy (non-hydrogen) atoms. The molecule has 0 aliphatic rings. The van der Waals surface area contributed by atoms with Gasteiger partial charge in [-0.2, -0.15) is 5.26 Å². The van der Waals surface area contributed by atoms with Gasteiger partial charge in [0, 0.05) is 25.3 Å². The van der Waals surface area contributed by atoms with Crippen LogP contribution in [0.4, 0.5) is 5.69 Å². The molecule has 1 rings (SSSR count). The Labute approximate surface area is 115 Å². The molecule has 0 spiro atoms. The lowest BCUT2D eigenvalue weighted by molar-refractivity contribution is 0.354. The van der Waals surface area contributed by atoms with Crippen LogP contribution in [0.1, 0.15) is 18.9 Å². The van der Waals surface area contributed by atoms with Gasteiger partial charge in [-0.1, -0.05) is 6.92 Å². The third-order valence-electron chi connectivity index (χ3n) is 3.28. The summed E-state index contributed by atoms with van der Waals surface area (Å²) in [6.45, 7) is 4.77. The lowest BCUT2D eigenvalue weighted by Gasteiger charge is -2.24. The van der Waals surface area contributed by atoms with Gasteiger partial charge in [0.1, 0.15) is 0 Å². The zero-order chi connectivity index (χ0) is 14.4. The maximum absolute atomic E-state index is 9.05. The second kappa shape index (κ2) is 6.89. The Hall–Kier alpha value is -1.89. The van der Waals surface area contributed by atoms with Crippen LogP contribution in [0, 0.1) is 24.2 Å². The molecule has 1 aromatic carbocycles. The minimum absolute atomic E-state index is 0.0393. The highest BCUT2D eigenvalue weighted by molar-refractivity contribution is 5.61. The fourth-order valence-electron chi connectivity index (χ4n) is 2.07. The SMILES string of the molecule is CCC(C#N)CN(C)c1cc(OC)c(OC)cc1C. The Balaban J connectivity index is 3.03. The van der Waals surface area contributed by atoms with Crippen LogP contribution in [0.3, 0.4) is 0 Å². The molecule has 0 saturated heterocycles. The second-order valence-corrected chi connectivity index (χ2v) is 4.61. The molecule has 0 saturated carbocycles. The number of rotatable bonds is 6. The van der Waals surface area contributed by atoms with Crippen LogP contribution in [0.15, 0.2) is 12.1 Å². The lowest BCUT2D eigenvalue weighted by Crippen LogP contribution is -2.25. The zero-order valence-electron chi connectivity index (χ0n) is 12.4. The molecule has 0 aliphatic heterocycles. The van der Waals surface area contributed by atoms with Gasteiger partial charge < -0.3 is 14.4 Å². The summed E-state index contributed by atoms with van der Waals surface area (Å²) in [5.74, 6) is 1.47. The molecule has 0 fully saturated rings. The van der Waals surface area contributed by atoms with Gasteiger partial charge in [-0.15, -0.1) is 0 Å². The average molecular weight is 262 g/mol. The van der Waals surface area contributed by atoms with Crippen molar-refractivity contribution >= 4 is 5.69 Å². The predicted molar refractivity (Wildman–Crippen MR) is 76.9 cm³/mol. The summed E-state index contributed by atoms with van der Waals surface area (Å²) in [5.41, 5.74) is 2.17. The van der Waals surface area contributed by atoms with E-state index in [1.165, 1.54) is 0 Å². The number of ether oxygens (including phenoxy) is 2. The summed E-state index contributed by atoms with van der Waals surface area (Å²) in [5, 5.41) is 9.05. The van der Waals surface area contributed by atoms with Crippen molar-refractivity contribution in [1.82, 2.24) is 0 Å². The van der Waals surface area contributed by atoms with Gasteiger partial charge in [-0.05, 0) is 25.0 Å². The molecule has 0 bridgehead atoms. The lowest BCUT2D eigenvalue weighted by atomic mass is 10.1. The van der Waals surface area contributed by atoms with E-state index in [1.807, 2.05) is 33.0 Å². The van der Waals surface area contributed by atoms with Crippen molar-refractivity contribution in [2.24, 2.45) is 5.92 Å². The number of methoxy groups -OCH3 is 2. The molecule has 104 valence electrons. The van der Waals surface area contributed by atoms with Crippen molar-refractivity contribution in [3.8, 4) is 17.6 Å². The standard InChI is InChI=1S/C15H22N2O2/c1-6-12(9-16)10-17(3)13-8-15(19-5)14(18-4)7-11(13)2/h7-8,12H,6,10H2,1-5H3. The van der Waals surface area contributed by atoms with Crippen LogP contribution in [0.25, 0.3) is 0 Å². The second-order valence-electron chi connectivity index (χ2n) is 4.61. The van der Waals surface area contributed by atoms with Crippen LogP contribution in [-0.2, 0) is 0 Å². The minimum Gasteiger partial charge on any atom is -0.493 e. The van der Waals surface area contributed by atoms with Gasteiger partial charge in [0.15, 0.2) is 11.5 Å².